The molecule has 388 valence electrons. The fourth-order valence-corrected chi connectivity index (χ4v) is 9.93. The molecule has 0 heterocycles. The van der Waals surface area contributed by atoms with Crippen LogP contribution in [0.3, 0.4) is 0 Å². The maximum absolute atomic E-state index is 12.0. The maximum atomic E-state index is 12.0. The molecule has 0 unspecified atom stereocenters. The van der Waals surface area contributed by atoms with Crippen LogP contribution in [0.15, 0.2) is 0 Å². The molecule has 65 heavy (non-hydrogen) atoms. The van der Waals surface area contributed by atoms with E-state index in [9.17, 15) is 9.59 Å². The fourth-order valence-electron chi connectivity index (χ4n) is 9.93. The number of rotatable bonds is 59. The summed E-state index contributed by atoms with van der Waals surface area (Å²) in [4.78, 5) is 23.6. The molecule has 0 aromatic carbocycles. The average molecular weight is 917 g/mol. The van der Waals surface area contributed by atoms with Crippen molar-refractivity contribution in [1.82, 2.24) is 0 Å². The van der Waals surface area contributed by atoms with Gasteiger partial charge in [-0.25, -0.2) is 0 Å². The molecule has 0 atom stereocenters. The van der Waals surface area contributed by atoms with Gasteiger partial charge in [0.1, 0.15) is 5.78 Å². The Morgan fingerprint density at radius 2 is 0.462 bits per heavy atom. The molecule has 4 nitrogen and oxygen atoms in total. The number of ether oxygens (including phenoxy) is 1. The minimum atomic E-state index is -0.0252. The van der Waals surface area contributed by atoms with Crippen LogP contribution in [0.4, 0.5) is 0 Å². The van der Waals surface area contributed by atoms with Crippen LogP contribution in [-0.2, 0) is 14.3 Å². The molecule has 0 saturated carbocycles. The van der Waals surface area contributed by atoms with Gasteiger partial charge in [0, 0.05) is 19.3 Å². The van der Waals surface area contributed by atoms with Gasteiger partial charge in [0.25, 0.3) is 0 Å². The van der Waals surface area contributed by atoms with Crippen LogP contribution in [0, 0.1) is 0 Å². The van der Waals surface area contributed by atoms with E-state index < -0.39 is 0 Å². The summed E-state index contributed by atoms with van der Waals surface area (Å²) in [5.74, 6) is 0.328. The fraction of sp³-hybridized carbons (Fsp3) is 0.967. The summed E-state index contributed by atoms with van der Waals surface area (Å²) in [6.45, 7) is 3.51. The molecule has 0 aliphatic carbocycles. The van der Waals surface area contributed by atoms with Crippen LogP contribution in [0.1, 0.15) is 366 Å². The van der Waals surface area contributed by atoms with Gasteiger partial charge in [-0.1, -0.05) is 322 Å². The third-order valence-electron chi connectivity index (χ3n) is 14.5. The van der Waals surface area contributed by atoms with E-state index in [1.165, 1.54) is 289 Å². The van der Waals surface area contributed by atoms with Gasteiger partial charge >= 0.3 is 5.97 Å². The molecule has 0 amide bonds. The predicted octanol–water partition coefficient (Wildman–Crippen LogP) is 20.9. The summed E-state index contributed by atoms with van der Waals surface area (Å²) in [6.07, 6.45) is 75.5. The monoisotopic (exact) mass is 916 g/mol. The third kappa shape index (κ3) is 59.2. The average Bonchev–Trinajstić information content (AvgIpc) is 3.31. The number of carbonyl (C=O) groups excluding carboxylic acids is 2. The van der Waals surface area contributed by atoms with Crippen LogP contribution in [-0.4, -0.2) is 24.9 Å². The maximum Gasteiger partial charge on any atom is 0.305 e. The summed E-state index contributed by atoms with van der Waals surface area (Å²) in [5, 5.41) is 0. The highest BCUT2D eigenvalue weighted by Gasteiger charge is 2.05. The van der Waals surface area contributed by atoms with Crippen molar-refractivity contribution in [2.45, 2.75) is 366 Å². The standard InChI is InChI=1S/C61H121NO3/c1-2-3-4-5-6-7-8-9-10-11-12-13-14-15-16-17-18-19-20-21-22-23-24-25-26-27-28-29-30-31-32-33-34-35-36-37-38-39-40-41-42-43-44-47-50-53-59-65-61(64)57-52-49-46-45-48-51-55-60(63)56-54-58-62/h2-59,62H2,1H3. The first-order chi connectivity index (χ1) is 32.2. The molecule has 0 bridgehead atoms. The minimum absolute atomic E-state index is 0.0252. The second-order valence-electron chi connectivity index (χ2n) is 21.2. The van der Waals surface area contributed by atoms with Gasteiger partial charge in [0.05, 0.1) is 6.61 Å². The SMILES string of the molecule is CCCCCCCCCCCCCCCCCCCCCCCCCCCCCCCCCCCCCCCCCCCCCCCCOC(=O)CCCCCCCCC(=O)CCCN. The zero-order valence-corrected chi connectivity index (χ0v) is 44.8. The van der Waals surface area contributed by atoms with Crippen molar-refractivity contribution in [2.24, 2.45) is 5.73 Å². The van der Waals surface area contributed by atoms with Crippen molar-refractivity contribution in [2.75, 3.05) is 13.2 Å². The van der Waals surface area contributed by atoms with E-state index in [1.54, 1.807) is 0 Å². The summed E-state index contributed by atoms with van der Waals surface area (Å²) < 4.78 is 5.44. The summed E-state index contributed by atoms with van der Waals surface area (Å²) in [7, 11) is 0. The smallest absolute Gasteiger partial charge is 0.305 e. The first-order valence-corrected chi connectivity index (χ1v) is 30.6. The third-order valence-corrected chi connectivity index (χ3v) is 14.5. The van der Waals surface area contributed by atoms with E-state index in [0.29, 0.717) is 38.2 Å². The van der Waals surface area contributed by atoms with Crippen molar-refractivity contribution in [3.8, 4) is 0 Å². The number of carbonyl (C=O) groups is 2. The second-order valence-corrected chi connectivity index (χ2v) is 21.2. The number of ketones is 1. The number of unbranched alkanes of at least 4 members (excludes halogenated alkanes) is 50. The lowest BCUT2D eigenvalue weighted by atomic mass is 10.0. The summed E-state index contributed by atoms with van der Waals surface area (Å²) >= 11 is 0. The highest BCUT2D eigenvalue weighted by molar-refractivity contribution is 5.78. The number of nitrogens with two attached hydrogens (primary N) is 1. The summed E-state index contributed by atoms with van der Waals surface area (Å²) in [5.41, 5.74) is 5.46. The molecule has 0 fully saturated rings. The molecule has 0 aromatic rings. The molecule has 0 radical (unpaired) electrons. The molecule has 2 N–H and O–H groups in total. The Morgan fingerprint density at radius 3 is 0.708 bits per heavy atom. The molecule has 0 aromatic heterocycles. The van der Waals surface area contributed by atoms with Gasteiger partial charge in [0.2, 0.25) is 0 Å². The highest BCUT2D eigenvalue weighted by atomic mass is 16.5. The first-order valence-electron chi connectivity index (χ1n) is 30.6. The summed E-state index contributed by atoms with van der Waals surface area (Å²) in [6, 6.07) is 0. The second kappa shape index (κ2) is 59.2. The lowest BCUT2D eigenvalue weighted by Gasteiger charge is -2.06. The number of hydrogen-bond donors (Lipinski definition) is 1. The zero-order chi connectivity index (χ0) is 46.9. The number of esters is 1. The minimum Gasteiger partial charge on any atom is -0.466 e. The largest absolute Gasteiger partial charge is 0.466 e. The normalized spacial score (nSPS) is 11.5. The lowest BCUT2D eigenvalue weighted by molar-refractivity contribution is -0.143. The predicted molar refractivity (Wildman–Crippen MR) is 289 cm³/mol. The van der Waals surface area contributed by atoms with Crippen LogP contribution < -0.4 is 5.73 Å². The number of Topliss-reactive ketones (excluding diaryl/α,β-unsaturated/α-hetero) is 1. The van der Waals surface area contributed by atoms with Crippen LogP contribution >= 0.6 is 0 Å². The van der Waals surface area contributed by atoms with Gasteiger partial charge in [-0.3, -0.25) is 9.59 Å². The molecule has 0 spiro atoms. The van der Waals surface area contributed by atoms with Crippen LogP contribution in [0.2, 0.25) is 0 Å². The molecular weight excluding hydrogens is 795 g/mol. The Kier molecular flexibility index (Phi) is 58.4. The van der Waals surface area contributed by atoms with E-state index in [4.69, 9.17) is 10.5 Å². The van der Waals surface area contributed by atoms with Gasteiger partial charge in [-0.2, -0.15) is 0 Å². The van der Waals surface area contributed by atoms with E-state index >= 15 is 0 Å². The highest BCUT2D eigenvalue weighted by Crippen LogP contribution is 2.19. The quantitative estimate of drug-likeness (QED) is 0.0487. The molecule has 0 aliphatic heterocycles. The first kappa shape index (κ1) is 64.1. The molecule has 0 saturated heterocycles. The van der Waals surface area contributed by atoms with Gasteiger partial charge < -0.3 is 10.5 Å². The van der Waals surface area contributed by atoms with E-state index in [0.717, 1.165) is 51.4 Å². The van der Waals surface area contributed by atoms with Crippen LogP contribution in [0.5, 0.6) is 0 Å². The van der Waals surface area contributed by atoms with Gasteiger partial charge in [-0.15, -0.1) is 0 Å². The van der Waals surface area contributed by atoms with Crippen molar-refractivity contribution in [1.29, 1.82) is 0 Å². The lowest BCUT2D eigenvalue weighted by Crippen LogP contribution is -2.05. The number of hydrogen-bond acceptors (Lipinski definition) is 4. The van der Waals surface area contributed by atoms with E-state index in [2.05, 4.69) is 6.92 Å². The van der Waals surface area contributed by atoms with E-state index in [-0.39, 0.29) is 5.97 Å². The van der Waals surface area contributed by atoms with Gasteiger partial charge in [-0.05, 0) is 32.2 Å². The van der Waals surface area contributed by atoms with Gasteiger partial charge in [0.15, 0.2) is 0 Å². The van der Waals surface area contributed by atoms with Crippen molar-refractivity contribution < 1.29 is 14.3 Å². The Balaban J connectivity index is 3.13. The van der Waals surface area contributed by atoms with Crippen molar-refractivity contribution >= 4 is 11.8 Å². The Bertz CT molecular complexity index is 890. The Hall–Kier alpha value is -0.900. The van der Waals surface area contributed by atoms with Crippen LogP contribution in [0.25, 0.3) is 0 Å². The molecular formula is C61H121NO3. The zero-order valence-electron chi connectivity index (χ0n) is 44.8. The Labute approximate surface area is 409 Å². The molecule has 4 heteroatoms. The van der Waals surface area contributed by atoms with Crippen molar-refractivity contribution in [3.05, 3.63) is 0 Å². The molecule has 0 rings (SSSR count). The van der Waals surface area contributed by atoms with Crippen molar-refractivity contribution in [3.63, 3.8) is 0 Å². The van der Waals surface area contributed by atoms with E-state index in [1.807, 2.05) is 0 Å². The molecule has 0 aliphatic rings. The Morgan fingerprint density at radius 1 is 0.262 bits per heavy atom. The topological polar surface area (TPSA) is 69.4 Å².